The number of aliphatic carboxylic acids is 1. The molecule has 3 nitrogen and oxygen atoms in total. The number of carbonyl (C=O) groups is 1. The van der Waals surface area contributed by atoms with E-state index in [1.165, 1.54) is 5.56 Å². The summed E-state index contributed by atoms with van der Waals surface area (Å²) in [4.78, 5) is 12.1. The molecule has 4 heteroatoms. The molecule has 0 spiro atoms. The van der Waals surface area contributed by atoms with Gasteiger partial charge in [-0.1, -0.05) is 87.6 Å². The van der Waals surface area contributed by atoms with Crippen molar-refractivity contribution in [2.45, 2.75) is 45.1 Å². The van der Waals surface area contributed by atoms with Crippen LogP contribution in [0.4, 0.5) is 0 Å². The summed E-state index contributed by atoms with van der Waals surface area (Å²) >= 11 is 5.38. The number of benzene rings is 2. The highest BCUT2D eigenvalue weighted by molar-refractivity contribution is 7.80. The summed E-state index contributed by atoms with van der Waals surface area (Å²) in [5.74, 6) is -0.894. The second kappa shape index (κ2) is 8.26. The first-order chi connectivity index (χ1) is 11.8. The van der Waals surface area contributed by atoms with Gasteiger partial charge in [0.1, 0.15) is 6.04 Å². The van der Waals surface area contributed by atoms with E-state index in [-0.39, 0.29) is 5.41 Å². The van der Waals surface area contributed by atoms with Crippen LogP contribution >= 0.6 is 12.2 Å². The zero-order valence-corrected chi connectivity index (χ0v) is 15.8. The van der Waals surface area contributed by atoms with Crippen LogP contribution in [0.25, 0.3) is 0 Å². The van der Waals surface area contributed by atoms with Crippen LogP contribution in [-0.4, -0.2) is 22.1 Å². The summed E-state index contributed by atoms with van der Waals surface area (Å²) in [6.07, 6.45) is 0.942. The second-order valence-electron chi connectivity index (χ2n) is 7.27. The average Bonchev–Trinajstić information content (AvgIpc) is 2.54. The maximum absolute atomic E-state index is 11.5. The van der Waals surface area contributed by atoms with Gasteiger partial charge in [-0.25, -0.2) is 4.79 Å². The Labute approximate surface area is 155 Å². The molecule has 2 aromatic carbocycles. The van der Waals surface area contributed by atoms with Crippen LogP contribution < -0.4 is 5.32 Å². The fourth-order valence-corrected chi connectivity index (χ4v) is 2.91. The van der Waals surface area contributed by atoms with Crippen molar-refractivity contribution in [2.24, 2.45) is 0 Å². The third kappa shape index (κ3) is 5.98. The maximum atomic E-state index is 11.5. The Hall–Kier alpha value is -2.20. The van der Waals surface area contributed by atoms with E-state index in [0.29, 0.717) is 17.8 Å². The van der Waals surface area contributed by atoms with E-state index in [4.69, 9.17) is 12.2 Å². The summed E-state index contributed by atoms with van der Waals surface area (Å²) in [5, 5.41) is 12.4. The molecule has 0 aliphatic heterocycles. The molecule has 0 unspecified atom stereocenters. The summed E-state index contributed by atoms with van der Waals surface area (Å²) in [6, 6.07) is 17.2. The van der Waals surface area contributed by atoms with E-state index in [1.54, 1.807) is 0 Å². The lowest BCUT2D eigenvalue weighted by molar-refractivity contribution is -0.139. The topological polar surface area (TPSA) is 49.3 Å². The third-order valence-corrected chi connectivity index (χ3v) is 4.36. The second-order valence-corrected chi connectivity index (χ2v) is 7.76. The number of carboxylic acid groups (broad SMARTS) is 1. The number of carboxylic acids is 1. The van der Waals surface area contributed by atoms with Crippen molar-refractivity contribution in [3.63, 3.8) is 0 Å². The minimum Gasteiger partial charge on any atom is -0.480 e. The molecule has 1 atom stereocenters. The van der Waals surface area contributed by atoms with Crippen molar-refractivity contribution in [2.75, 3.05) is 0 Å². The van der Waals surface area contributed by atoms with Crippen molar-refractivity contribution in [1.82, 2.24) is 5.32 Å². The summed E-state index contributed by atoms with van der Waals surface area (Å²) in [6.45, 7) is 6.53. The van der Waals surface area contributed by atoms with Crippen molar-refractivity contribution < 1.29 is 9.90 Å². The Bertz CT molecular complexity index is 718. The van der Waals surface area contributed by atoms with Gasteiger partial charge in [-0.2, -0.15) is 0 Å². The fraction of sp³-hybridized carbons (Fsp3) is 0.333. The first kappa shape index (κ1) is 19.1. The van der Waals surface area contributed by atoms with Crippen molar-refractivity contribution >= 4 is 23.2 Å². The summed E-state index contributed by atoms with van der Waals surface area (Å²) in [7, 11) is 0. The molecule has 2 N–H and O–H groups in total. The van der Waals surface area contributed by atoms with E-state index in [1.807, 2.05) is 30.3 Å². The van der Waals surface area contributed by atoms with Gasteiger partial charge in [0, 0.05) is 12.8 Å². The molecule has 132 valence electrons. The minimum absolute atomic E-state index is 0.112. The van der Waals surface area contributed by atoms with E-state index in [9.17, 15) is 9.90 Å². The van der Waals surface area contributed by atoms with Crippen LogP contribution in [0.2, 0.25) is 0 Å². The number of hydrogen-bond acceptors (Lipinski definition) is 2. The number of thiocarbonyl (C=S) groups is 1. The first-order valence-electron chi connectivity index (χ1n) is 8.41. The highest BCUT2D eigenvalue weighted by atomic mass is 32.1. The summed E-state index contributed by atoms with van der Waals surface area (Å²) in [5.41, 5.74) is 3.43. The van der Waals surface area contributed by atoms with Crippen LogP contribution in [0, 0.1) is 0 Å². The van der Waals surface area contributed by atoms with Gasteiger partial charge in [0.05, 0.1) is 4.99 Å². The number of hydrogen-bond donors (Lipinski definition) is 2. The Balaban J connectivity index is 1.98. The predicted octanol–water partition coefficient (Wildman–Crippen LogP) is 4.14. The van der Waals surface area contributed by atoms with Crippen LogP contribution in [0.1, 0.15) is 37.5 Å². The molecule has 0 saturated carbocycles. The van der Waals surface area contributed by atoms with Gasteiger partial charge < -0.3 is 10.4 Å². The predicted molar refractivity (Wildman–Crippen MR) is 106 cm³/mol. The molecule has 0 aliphatic carbocycles. The van der Waals surface area contributed by atoms with Crippen LogP contribution in [0.15, 0.2) is 54.6 Å². The molecule has 0 aliphatic rings. The molecular formula is C21H25NO2S. The number of rotatable bonds is 6. The van der Waals surface area contributed by atoms with E-state index < -0.39 is 12.0 Å². The van der Waals surface area contributed by atoms with Gasteiger partial charge in [-0.05, 0) is 22.1 Å². The minimum atomic E-state index is -0.894. The molecule has 2 rings (SSSR count). The van der Waals surface area contributed by atoms with Crippen molar-refractivity contribution in [3.05, 3.63) is 71.3 Å². The highest BCUT2D eigenvalue weighted by Gasteiger charge is 2.19. The quantitative estimate of drug-likeness (QED) is 0.765. The molecule has 25 heavy (non-hydrogen) atoms. The maximum Gasteiger partial charge on any atom is 0.326 e. The Kier molecular flexibility index (Phi) is 6.32. The van der Waals surface area contributed by atoms with Crippen LogP contribution in [0.3, 0.4) is 0 Å². The monoisotopic (exact) mass is 355 g/mol. The number of nitrogens with one attached hydrogen (secondary N) is 1. The smallest absolute Gasteiger partial charge is 0.326 e. The van der Waals surface area contributed by atoms with Crippen LogP contribution in [0.5, 0.6) is 0 Å². The van der Waals surface area contributed by atoms with Gasteiger partial charge in [-0.3, -0.25) is 0 Å². The normalized spacial score (nSPS) is 12.4. The van der Waals surface area contributed by atoms with E-state index in [2.05, 4.69) is 50.4 Å². The lowest BCUT2D eigenvalue weighted by Gasteiger charge is -2.20. The van der Waals surface area contributed by atoms with Crippen molar-refractivity contribution in [3.8, 4) is 0 Å². The summed E-state index contributed by atoms with van der Waals surface area (Å²) < 4.78 is 0. The first-order valence-corrected chi connectivity index (χ1v) is 8.82. The molecule has 0 saturated heterocycles. The Morgan fingerprint density at radius 1 is 1.04 bits per heavy atom. The zero-order valence-electron chi connectivity index (χ0n) is 15.0. The molecule has 2 aromatic rings. The molecule has 0 heterocycles. The molecular weight excluding hydrogens is 330 g/mol. The van der Waals surface area contributed by atoms with Gasteiger partial charge in [0.2, 0.25) is 0 Å². The van der Waals surface area contributed by atoms with Gasteiger partial charge in [-0.15, -0.1) is 0 Å². The standard InChI is InChI=1S/C21H25NO2S/c1-21(2,3)17-11-9-16(10-12-17)14-19(25)22-18(20(23)24)13-15-7-5-4-6-8-15/h4-12,18H,13-14H2,1-3H3,(H,22,25)(H,23,24)/t18-/m0/s1. The Morgan fingerprint density at radius 2 is 1.64 bits per heavy atom. The highest BCUT2D eigenvalue weighted by Crippen LogP contribution is 2.22. The molecule has 0 fully saturated rings. The lowest BCUT2D eigenvalue weighted by atomic mass is 9.86. The lowest BCUT2D eigenvalue weighted by Crippen LogP contribution is -2.42. The van der Waals surface area contributed by atoms with Gasteiger partial charge in [0.25, 0.3) is 0 Å². The van der Waals surface area contributed by atoms with E-state index in [0.717, 1.165) is 11.1 Å². The Morgan fingerprint density at radius 3 is 2.16 bits per heavy atom. The van der Waals surface area contributed by atoms with Gasteiger partial charge in [0.15, 0.2) is 0 Å². The largest absolute Gasteiger partial charge is 0.480 e. The molecule has 0 aromatic heterocycles. The molecule has 0 bridgehead atoms. The zero-order chi connectivity index (χ0) is 18.4. The molecule has 0 amide bonds. The average molecular weight is 356 g/mol. The fourth-order valence-electron chi connectivity index (χ4n) is 2.60. The molecule has 0 radical (unpaired) electrons. The third-order valence-electron chi connectivity index (χ3n) is 4.10. The SMILES string of the molecule is CC(C)(C)c1ccc(CC(=S)N[C@@H](Cc2ccccc2)C(=O)O)cc1. The van der Waals surface area contributed by atoms with Crippen LogP contribution in [-0.2, 0) is 23.1 Å². The van der Waals surface area contributed by atoms with E-state index >= 15 is 0 Å². The van der Waals surface area contributed by atoms with Gasteiger partial charge >= 0.3 is 5.97 Å². The van der Waals surface area contributed by atoms with Crippen molar-refractivity contribution in [1.29, 1.82) is 0 Å².